The fourth-order valence-corrected chi connectivity index (χ4v) is 3.80. The topological polar surface area (TPSA) is 92.7 Å². The zero-order valence-corrected chi connectivity index (χ0v) is 16.8. The first kappa shape index (κ1) is 18.9. The number of hydrogen-bond donors (Lipinski definition) is 2. The zero-order chi connectivity index (χ0) is 20.4. The Morgan fingerprint density at radius 3 is 2.72 bits per heavy atom. The average molecular weight is 405 g/mol. The summed E-state index contributed by atoms with van der Waals surface area (Å²) in [7, 11) is 0. The third-order valence-corrected chi connectivity index (χ3v) is 5.58. The standard InChI is InChI=1S/C21H19N5O2S/c1-13-7-6-10-16(14(13)2)24-17(27)11-29-21-25-18-19(22-12-23-20(18)28)26(21)15-8-4-3-5-9-15/h3-10,12H,11H2,1-2H3,(H,24,27)(H,22,23,28). The lowest BCUT2D eigenvalue weighted by atomic mass is 10.1. The Kier molecular flexibility index (Phi) is 5.18. The number of benzene rings is 2. The van der Waals surface area contributed by atoms with E-state index in [1.54, 1.807) is 4.57 Å². The van der Waals surface area contributed by atoms with E-state index in [2.05, 4.69) is 20.3 Å². The summed E-state index contributed by atoms with van der Waals surface area (Å²) < 4.78 is 1.79. The van der Waals surface area contributed by atoms with Crippen LogP contribution in [0.3, 0.4) is 0 Å². The molecule has 4 rings (SSSR count). The number of imidazole rings is 1. The molecule has 0 saturated carbocycles. The van der Waals surface area contributed by atoms with Crippen molar-refractivity contribution in [1.82, 2.24) is 19.5 Å². The van der Waals surface area contributed by atoms with Crippen LogP contribution in [0.1, 0.15) is 11.1 Å². The van der Waals surface area contributed by atoms with E-state index >= 15 is 0 Å². The van der Waals surface area contributed by atoms with Crippen LogP contribution in [0.25, 0.3) is 16.9 Å². The van der Waals surface area contributed by atoms with Crippen LogP contribution >= 0.6 is 11.8 Å². The van der Waals surface area contributed by atoms with Gasteiger partial charge in [0.15, 0.2) is 16.3 Å². The molecular weight excluding hydrogens is 386 g/mol. The second-order valence-electron chi connectivity index (χ2n) is 6.55. The average Bonchev–Trinajstić information content (AvgIpc) is 3.10. The number of aromatic amines is 1. The van der Waals surface area contributed by atoms with Gasteiger partial charge in [-0.15, -0.1) is 0 Å². The number of aryl methyl sites for hydroxylation is 1. The van der Waals surface area contributed by atoms with E-state index in [-0.39, 0.29) is 22.7 Å². The van der Waals surface area contributed by atoms with Crippen LogP contribution < -0.4 is 10.9 Å². The molecule has 4 aromatic rings. The van der Waals surface area contributed by atoms with Crippen molar-refractivity contribution in [3.63, 3.8) is 0 Å². The molecule has 7 nitrogen and oxygen atoms in total. The molecule has 0 saturated heterocycles. The number of nitrogens with one attached hydrogen (secondary N) is 2. The molecule has 0 radical (unpaired) electrons. The monoisotopic (exact) mass is 405 g/mol. The van der Waals surface area contributed by atoms with Crippen molar-refractivity contribution in [1.29, 1.82) is 0 Å². The van der Waals surface area contributed by atoms with Crippen molar-refractivity contribution >= 4 is 34.5 Å². The first-order valence-corrected chi connectivity index (χ1v) is 10.0. The van der Waals surface area contributed by atoms with Crippen molar-refractivity contribution in [2.45, 2.75) is 19.0 Å². The lowest BCUT2D eigenvalue weighted by Crippen LogP contribution is -2.15. The molecule has 1 amide bonds. The molecule has 0 unspecified atom stereocenters. The third-order valence-electron chi connectivity index (χ3n) is 4.65. The quantitative estimate of drug-likeness (QED) is 0.496. The lowest BCUT2D eigenvalue weighted by Gasteiger charge is -2.11. The molecule has 8 heteroatoms. The largest absolute Gasteiger partial charge is 0.325 e. The molecule has 2 aromatic heterocycles. The Labute approximate surface area is 171 Å². The van der Waals surface area contributed by atoms with Crippen molar-refractivity contribution in [3.8, 4) is 5.69 Å². The number of carbonyl (C=O) groups is 1. The van der Waals surface area contributed by atoms with Gasteiger partial charge in [-0.05, 0) is 43.2 Å². The van der Waals surface area contributed by atoms with Gasteiger partial charge in [0.05, 0.1) is 12.1 Å². The maximum Gasteiger partial charge on any atom is 0.278 e. The van der Waals surface area contributed by atoms with Crippen molar-refractivity contribution < 1.29 is 4.79 Å². The highest BCUT2D eigenvalue weighted by Crippen LogP contribution is 2.26. The van der Waals surface area contributed by atoms with E-state index in [1.807, 2.05) is 62.4 Å². The Hall–Kier alpha value is -3.39. The smallest absolute Gasteiger partial charge is 0.278 e. The summed E-state index contributed by atoms with van der Waals surface area (Å²) in [6.07, 6.45) is 1.35. The van der Waals surface area contributed by atoms with E-state index in [0.717, 1.165) is 22.5 Å². The maximum absolute atomic E-state index is 12.5. The van der Waals surface area contributed by atoms with E-state index in [4.69, 9.17) is 0 Å². The number of H-pyrrole nitrogens is 1. The molecule has 0 aliphatic rings. The second kappa shape index (κ2) is 7.92. The van der Waals surface area contributed by atoms with Gasteiger partial charge >= 0.3 is 0 Å². The van der Waals surface area contributed by atoms with Gasteiger partial charge in [0.25, 0.3) is 5.56 Å². The summed E-state index contributed by atoms with van der Waals surface area (Å²) in [5.74, 6) is 0.0128. The number of para-hydroxylation sites is 1. The van der Waals surface area contributed by atoms with Gasteiger partial charge < -0.3 is 10.3 Å². The Balaban J connectivity index is 1.63. The van der Waals surface area contributed by atoms with Crippen LogP contribution in [-0.4, -0.2) is 31.2 Å². The number of nitrogens with zero attached hydrogens (tertiary/aromatic N) is 3. The van der Waals surface area contributed by atoms with Crippen LogP contribution in [0.5, 0.6) is 0 Å². The van der Waals surface area contributed by atoms with Crippen molar-refractivity contribution in [2.75, 3.05) is 11.1 Å². The second-order valence-corrected chi connectivity index (χ2v) is 7.50. The summed E-state index contributed by atoms with van der Waals surface area (Å²) >= 11 is 1.26. The fraction of sp³-hybridized carbons (Fsp3) is 0.143. The molecule has 0 bridgehead atoms. The minimum absolute atomic E-state index is 0.141. The minimum Gasteiger partial charge on any atom is -0.325 e. The van der Waals surface area contributed by atoms with Crippen molar-refractivity contribution in [3.05, 3.63) is 76.3 Å². The highest BCUT2D eigenvalue weighted by molar-refractivity contribution is 7.99. The lowest BCUT2D eigenvalue weighted by molar-refractivity contribution is -0.113. The first-order valence-electron chi connectivity index (χ1n) is 9.05. The molecule has 0 aliphatic carbocycles. The normalized spacial score (nSPS) is 11.0. The van der Waals surface area contributed by atoms with Crippen LogP contribution in [0.4, 0.5) is 5.69 Å². The number of hydrogen-bond acceptors (Lipinski definition) is 5. The van der Waals surface area contributed by atoms with Gasteiger partial charge in [-0.25, -0.2) is 9.97 Å². The molecule has 0 spiro atoms. The predicted octanol–water partition coefficient (Wildman–Crippen LogP) is 3.46. The minimum atomic E-state index is -0.314. The van der Waals surface area contributed by atoms with E-state index < -0.39 is 0 Å². The predicted molar refractivity (Wildman–Crippen MR) is 115 cm³/mol. The van der Waals surface area contributed by atoms with Crippen LogP contribution in [0.2, 0.25) is 0 Å². The fourth-order valence-electron chi connectivity index (χ4n) is 2.99. The van der Waals surface area contributed by atoms with Gasteiger partial charge in [0, 0.05) is 11.4 Å². The molecule has 0 atom stereocenters. The maximum atomic E-state index is 12.5. The van der Waals surface area contributed by atoms with Crippen LogP contribution in [0, 0.1) is 13.8 Å². The molecule has 2 aromatic carbocycles. The number of fused-ring (bicyclic) bond motifs is 1. The summed E-state index contributed by atoms with van der Waals surface area (Å²) in [4.78, 5) is 36.0. The van der Waals surface area contributed by atoms with Gasteiger partial charge in [0.2, 0.25) is 5.91 Å². The number of carbonyl (C=O) groups excluding carboxylic acids is 1. The van der Waals surface area contributed by atoms with Crippen LogP contribution in [-0.2, 0) is 4.79 Å². The Morgan fingerprint density at radius 1 is 1.14 bits per heavy atom. The van der Waals surface area contributed by atoms with Gasteiger partial charge in [-0.1, -0.05) is 42.1 Å². The summed E-state index contributed by atoms with van der Waals surface area (Å²) in [5, 5.41) is 3.48. The van der Waals surface area contributed by atoms with Gasteiger partial charge in [-0.3, -0.25) is 14.2 Å². The zero-order valence-electron chi connectivity index (χ0n) is 16.0. The van der Waals surface area contributed by atoms with E-state index in [0.29, 0.717) is 10.8 Å². The van der Waals surface area contributed by atoms with E-state index in [9.17, 15) is 9.59 Å². The molecule has 0 fully saturated rings. The Bertz CT molecular complexity index is 1250. The Morgan fingerprint density at radius 2 is 1.93 bits per heavy atom. The molecular formula is C21H19N5O2S. The number of anilines is 1. The van der Waals surface area contributed by atoms with Crippen LogP contribution in [0.15, 0.2) is 64.8 Å². The number of amides is 1. The van der Waals surface area contributed by atoms with Gasteiger partial charge in [0.1, 0.15) is 0 Å². The third kappa shape index (κ3) is 3.79. The number of rotatable bonds is 5. The molecule has 2 heterocycles. The summed E-state index contributed by atoms with van der Waals surface area (Å²) in [5.41, 5.74) is 4.16. The molecule has 29 heavy (non-hydrogen) atoms. The highest BCUT2D eigenvalue weighted by atomic mass is 32.2. The summed E-state index contributed by atoms with van der Waals surface area (Å²) in [6.45, 7) is 3.98. The summed E-state index contributed by atoms with van der Waals surface area (Å²) in [6, 6.07) is 15.3. The number of aromatic nitrogens is 4. The van der Waals surface area contributed by atoms with Gasteiger partial charge in [-0.2, -0.15) is 0 Å². The van der Waals surface area contributed by atoms with Crippen molar-refractivity contribution in [2.24, 2.45) is 0 Å². The SMILES string of the molecule is Cc1cccc(NC(=O)CSc2nc3c(=O)[nH]cnc3n2-c2ccccc2)c1C. The highest BCUT2D eigenvalue weighted by Gasteiger charge is 2.17. The first-order chi connectivity index (χ1) is 14.0. The number of thioether (sulfide) groups is 1. The molecule has 2 N–H and O–H groups in total. The molecule has 146 valence electrons. The molecule has 0 aliphatic heterocycles. The van der Waals surface area contributed by atoms with E-state index in [1.165, 1.54) is 18.1 Å².